The second-order valence-corrected chi connectivity index (χ2v) is 7.53. The molecule has 148 valence electrons. The number of nitrogens with zero attached hydrogens (tertiary/aromatic N) is 2. The van der Waals surface area contributed by atoms with Crippen LogP contribution in [0.4, 0.5) is 13.2 Å². The molecule has 0 atom stereocenters. The monoisotopic (exact) mass is 385 g/mol. The number of aliphatic carboxylic acids is 1. The lowest BCUT2D eigenvalue weighted by Crippen LogP contribution is -2.39. The molecule has 0 radical (unpaired) electrons. The van der Waals surface area contributed by atoms with E-state index < -0.39 is 12.1 Å². The van der Waals surface area contributed by atoms with Gasteiger partial charge in [-0.05, 0) is 11.0 Å². The summed E-state index contributed by atoms with van der Waals surface area (Å²) < 4.78 is 37.1. The van der Waals surface area contributed by atoms with Crippen LogP contribution < -0.4 is 5.32 Å². The van der Waals surface area contributed by atoms with Gasteiger partial charge in [-0.25, -0.2) is 4.79 Å². The molecule has 1 aliphatic rings. The highest BCUT2D eigenvalue weighted by atomic mass is 19.4. The number of hydrogen-bond acceptors (Lipinski definition) is 5. The van der Waals surface area contributed by atoms with Crippen LogP contribution in [0.15, 0.2) is 28.8 Å². The average Bonchev–Trinajstić information content (AvgIpc) is 2.92. The molecule has 1 saturated heterocycles. The summed E-state index contributed by atoms with van der Waals surface area (Å²) in [5.74, 6) is -0.708. The molecular formula is C18H22F3N3O3. The number of benzene rings is 1. The first kappa shape index (κ1) is 20.9. The molecule has 1 fully saturated rings. The molecule has 0 unspecified atom stereocenters. The largest absolute Gasteiger partial charge is 0.490 e. The van der Waals surface area contributed by atoms with Crippen molar-refractivity contribution in [1.29, 1.82) is 0 Å². The van der Waals surface area contributed by atoms with Crippen LogP contribution >= 0.6 is 0 Å². The van der Waals surface area contributed by atoms with E-state index >= 15 is 0 Å². The van der Waals surface area contributed by atoms with E-state index in [0.717, 1.165) is 25.1 Å². The van der Waals surface area contributed by atoms with Gasteiger partial charge < -0.3 is 14.9 Å². The molecule has 6 nitrogen and oxygen atoms in total. The Morgan fingerprint density at radius 3 is 2.19 bits per heavy atom. The lowest BCUT2D eigenvalue weighted by atomic mass is 9.92. The number of carbonyl (C=O) groups is 1. The van der Waals surface area contributed by atoms with E-state index in [4.69, 9.17) is 14.4 Å². The summed E-state index contributed by atoms with van der Waals surface area (Å²) in [4.78, 5) is 13.4. The second kappa shape index (κ2) is 8.08. The Hall–Kier alpha value is -2.42. The molecule has 2 aromatic rings. The number of hydrogen-bond donors (Lipinski definition) is 2. The van der Waals surface area contributed by atoms with Crippen molar-refractivity contribution in [3.05, 3.63) is 35.7 Å². The van der Waals surface area contributed by atoms with Crippen molar-refractivity contribution in [3.8, 4) is 11.4 Å². The minimum atomic E-state index is -5.08. The number of alkyl halides is 3. The van der Waals surface area contributed by atoms with Crippen molar-refractivity contribution in [2.45, 2.75) is 39.3 Å². The van der Waals surface area contributed by atoms with Gasteiger partial charge in [-0.15, -0.1) is 0 Å². The van der Waals surface area contributed by atoms with Crippen molar-refractivity contribution in [2.75, 3.05) is 13.1 Å². The molecular weight excluding hydrogens is 363 g/mol. The molecule has 9 heteroatoms. The minimum Gasteiger partial charge on any atom is -0.475 e. The average molecular weight is 385 g/mol. The highest BCUT2D eigenvalue weighted by Crippen LogP contribution is 2.25. The van der Waals surface area contributed by atoms with Gasteiger partial charge in [-0.2, -0.15) is 18.2 Å². The van der Waals surface area contributed by atoms with Crippen LogP contribution in [0.2, 0.25) is 0 Å². The van der Waals surface area contributed by atoms with Gasteiger partial charge in [-0.1, -0.05) is 50.2 Å². The molecule has 2 N–H and O–H groups in total. The summed E-state index contributed by atoms with van der Waals surface area (Å²) in [5.41, 5.74) is 2.56. The SMILES string of the molecule is CC(C)(C)Cc1nc(-c2ccc(C3CNC3)cc2)no1.O=C(O)C(F)(F)F. The molecule has 0 aliphatic carbocycles. The maximum atomic E-state index is 10.6. The number of aromatic nitrogens is 2. The van der Waals surface area contributed by atoms with E-state index in [-0.39, 0.29) is 5.41 Å². The highest BCUT2D eigenvalue weighted by Gasteiger charge is 2.38. The van der Waals surface area contributed by atoms with E-state index in [1.807, 2.05) is 0 Å². The first-order valence-electron chi connectivity index (χ1n) is 8.39. The van der Waals surface area contributed by atoms with Crippen molar-refractivity contribution in [2.24, 2.45) is 5.41 Å². The Kier molecular flexibility index (Phi) is 6.25. The normalized spacial score (nSPS) is 14.9. The summed E-state index contributed by atoms with van der Waals surface area (Å²) in [5, 5.41) is 14.5. The third kappa shape index (κ3) is 6.35. The van der Waals surface area contributed by atoms with Gasteiger partial charge >= 0.3 is 12.1 Å². The Labute approximate surface area is 154 Å². The zero-order valence-electron chi connectivity index (χ0n) is 15.3. The first-order chi connectivity index (χ1) is 12.5. The predicted molar refractivity (Wildman–Crippen MR) is 92.2 cm³/mol. The standard InChI is InChI=1S/C16H21N3O.C2HF3O2/c1-16(2,3)8-14-18-15(19-20-14)12-6-4-11(5-7-12)13-9-17-10-13;3-2(4,5)1(6)7/h4-7,13,17H,8-10H2,1-3H3;(H,6,7). The fourth-order valence-corrected chi connectivity index (χ4v) is 2.33. The van der Waals surface area contributed by atoms with Crippen LogP contribution in [0.5, 0.6) is 0 Å². The lowest BCUT2D eigenvalue weighted by Gasteiger charge is -2.27. The van der Waals surface area contributed by atoms with E-state index in [1.165, 1.54) is 5.56 Å². The zero-order valence-corrected chi connectivity index (χ0v) is 15.3. The van der Waals surface area contributed by atoms with Crippen molar-refractivity contribution in [3.63, 3.8) is 0 Å². The molecule has 0 bridgehead atoms. The van der Waals surface area contributed by atoms with E-state index in [1.54, 1.807) is 0 Å². The van der Waals surface area contributed by atoms with Crippen LogP contribution in [0.25, 0.3) is 11.4 Å². The molecule has 1 aromatic heterocycles. The fourth-order valence-electron chi connectivity index (χ4n) is 2.33. The third-order valence-electron chi connectivity index (χ3n) is 3.81. The summed E-state index contributed by atoms with van der Waals surface area (Å²) in [7, 11) is 0. The van der Waals surface area contributed by atoms with Crippen LogP contribution in [0, 0.1) is 5.41 Å². The summed E-state index contributed by atoms with van der Waals surface area (Å²) >= 11 is 0. The first-order valence-corrected chi connectivity index (χ1v) is 8.39. The predicted octanol–water partition coefficient (Wildman–Crippen LogP) is 3.65. The summed E-state index contributed by atoms with van der Waals surface area (Å²) in [6, 6.07) is 8.50. The number of carboxylic acids is 1. The lowest BCUT2D eigenvalue weighted by molar-refractivity contribution is -0.192. The van der Waals surface area contributed by atoms with Crippen molar-refractivity contribution < 1.29 is 27.6 Å². The smallest absolute Gasteiger partial charge is 0.475 e. The fraction of sp³-hybridized carbons (Fsp3) is 0.500. The van der Waals surface area contributed by atoms with E-state index in [0.29, 0.717) is 17.6 Å². The molecule has 1 aliphatic heterocycles. The Morgan fingerprint density at radius 2 is 1.78 bits per heavy atom. The minimum absolute atomic E-state index is 0.158. The maximum absolute atomic E-state index is 10.6. The highest BCUT2D eigenvalue weighted by molar-refractivity contribution is 5.73. The van der Waals surface area contributed by atoms with Crippen LogP contribution in [-0.4, -0.2) is 40.5 Å². The van der Waals surface area contributed by atoms with Gasteiger partial charge in [0, 0.05) is 31.0 Å². The van der Waals surface area contributed by atoms with Crippen LogP contribution in [0.1, 0.15) is 38.1 Å². The Balaban J connectivity index is 0.000000321. The van der Waals surface area contributed by atoms with Gasteiger partial charge in [0.25, 0.3) is 0 Å². The maximum Gasteiger partial charge on any atom is 0.490 e. The quantitative estimate of drug-likeness (QED) is 0.839. The third-order valence-corrected chi connectivity index (χ3v) is 3.81. The Morgan fingerprint density at radius 1 is 1.22 bits per heavy atom. The molecule has 27 heavy (non-hydrogen) atoms. The molecule has 1 aromatic carbocycles. The van der Waals surface area contributed by atoms with Crippen LogP contribution in [0.3, 0.4) is 0 Å². The molecule has 0 saturated carbocycles. The summed E-state index contributed by atoms with van der Waals surface area (Å²) in [6.07, 6.45) is -4.29. The molecule has 0 spiro atoms. The number of nitrogens with one attached hydrogen (secondary N) is 1. The van der Waals surface area contributed by atoms with Crippen molar-refractivity contribution >= 4 is 5.97 Å². The van der Waals surface area contributed by atoms with Gasteiger partial charge in [-0.3, -0.25) is 0 Å². The second-order valence-electron chi connectivity index (χ2n) is 7.53. The van der Waals surface area contributed by atoms with Crippen molar-refractivity contribution in [1.82, 2.24) is 15.5 Å². The number of carboxylic acid groups (broad SMARTS) is 1. The topological polar surface area (TPSA) is 88.3 Å². The summed E-state index contributed by atoms with van der Waals surface area (Å²) in [6.45, 7) is 8.66. The van der Waals surface area contributed by atoms with Gasteiger partial charge in [0.2, 0.25) is 11.7 Å². The zero-order chi connectivity index (χ0) is 20.2. The molecule has 2 heterocycles. The van der Waals surface area contributed by atoms with Crippen LogP contribution in [-0.2, 0) is 11.2 Å². The number of rotatable bonds is 3. The van der Waals surface area contributed by atoms with E-state index in [9.17, 15) is 13.2 Å². The van der Waals surface area contributed by atoms with Gasteiger partial charge in [0.1, 0.15) is 0 Å². The van der Waals surface area contributed by atoms with Gasteiger partial charge in [0.15, 0.2) is 0 Å². The molecule has 3 rings (SSSR count). The van der Waals surface area contributed by atoms with Gasteiger partial charge in [0.05, 0.1) is 0 Å². The van der Waals surface area contributed by atoms with E-state index in [2.05, 4.69) is 60.5 Å². The molecule has 0 amide bonds. The number of halogens is 3. The Bertz CT molecular complexity index is 761.